The van der Waals surface area contributed by atoms with Crippen molar-refractivity contribution in [1.82, 2.24) is 0 Å². The van der Waals surface area contributed by atoms with Crippen LogP contribution in [0.4, 0.5) is 0 Å². The molecule has 0 N–H and O–H groups in total. The van der Waals surface area contributed by atoms with E-state index < -0.39 is 0 Å². The zero-order chi connectivity index (χ0) is 14.4. The quantitative estimate of drug-likeness (QED) is 0.445. The minimum absolute atomic E-state index is 0.420. The lowest BCUT2D eigenvalue weighted by atomic mass is 9.61. The molecular formula is C18H38. The van der Waals surface area contributed by atoms with Crippen molar-refractivity contribution in [2.24, 2.45) is 16.2 Å². The molecular weight excluding hydrogens is 216 g/mol. The van der Waals surface area contributed by atoms with Crippen molar-refractivity contribution in [3.05, 3.63) is 0 Å². The molecule has 1 unspecified atom stereocenters. The van der Waals surface area contributed by atoms with Crippen LogP contribution in [0.25, 0.3) is 0 Å². The SMILES string of the molecule is CCCCC(C)(C)CCC(C)(CCC)C(C)(C)C. The lowest BCUT2D eigenvalue weighted by molar-refractivity contribution is 0.0649. The molecule has 18 heavy (non-hydrogen) atoms. The van der Waals surface area contributed by atoms with Crippen LogP contribution in [-0.2, 0) is 0 Å². The molecule has 110 valence electrons. The molecule has 0 aliphatic heterocycles. The number of rotatable bonds is 8. The summed E-state index contributed by atoms with van der Waals surface area (Å²) in [5.41, 5.74) is 1.44. The fraction of sp³-hybridized carbons (Fsp3) is 1.00. The molecule has 0 aliphatic carbocycles. The van der Waals surface area contributed by atoms with Crippen LogP contribution in [0.3, 0.4) is 0 Å². The Kier molecular flexibility index (Phi) is 6.96. The summed E-state index contributed by atoms with van der Waals surface area (Å²) in [7, 11) is 0. The van der Waals surface area contributed by atoms with Gasteiger partial charge in [0.15, 0.2) is 0 Å². The Morgan fingerprint density at radius 3 is 1.56 bits per heavy atom. The van der Waals surface area contributed by atoms with Crippen molar-refractivity contribution in [3.63, 3.8) is 0 Å². The van der Waals surface area contributed by atoms with Gasteiger partial charge in [-0.2, -0.15) is 0 Å². The zero-order valence-electron chi connectivity index (χ0n) is 14.4. The average molecular weight is 255 g/mol. The Balaban J connectivity index is 4.53. The molecule has 0 bridgehead atoms. The molecule has 0 aromatic heterocycles. The zero-order valence-corrected chi connectivity index (χ0v) is 14.4. The highest BCUT2D eigenvalue weighted by Gasteiger charge is 2.37. The van der Waals surface area contributed by atoms with Gasteiger partial charge in [0.25, 0.3) is 0 Å². The molecule has 0 saturated carbocycles. The summed E-state index contributed by atoms with van der Waals surface area (Å²) in [6.45, 7) is 19.3. The first-order valence-electron chi connectivity index (χ1n) is 8.08. The van der Waals surface area contributed by atoms with Gasteiger partial charge in [0.2, 0.25) is 0 Å². The van der Waals surface area contributed by atoms with Crippen molar-refractivity contribution in [3.8, 4) is 0 Å². The van der Waals surface area contributed by atoms with E-state index >= 15 is 0 Å². The second kappa shape index (κ2) is 6.96. The summed E-state index contributed by atoms with van der Waals surface area (Å²) < 4.78 is 0. The van der Waals surface area contributed by atoms with E-state index in [1.807, 2.05) is 0 Å². The van der Waals surface area contributed by atoms with Crippen molar-refractivity contribution in [2.45, 2.75) is 100 Å². The summed E-state index contributed by atoms with van der Waals surface area (Å²) in [6.07, 6.45) is 9.52. The first kappa shape index (κ1) is 18.0. The van der Waals surface area contributed by atoms with E-state index in [0.717, 1.165) is 0 Å². The van der Waals surface area contributed by atoms with Crippen LogP contribution in [0.15, 0.2) is 0 Å². The highest BCUT2D eigenvalue weighted by atomic mass is 14.4. The highest BCUT2D eigenvalue weighted by Crippen LogP contribution is 2.48. The highest BCUT2D eigenvalue weighted by molar-refractivity contribution is 4.87. The first-order chi connectivity index (χ1) is 8.08. The molecule has 0 fully saturated rings. The molecule has 0 saturated heterocycles. The van der Waals surface area contributed by atoms with Crippen molar-refractivity contribution >= 4 is 0 Å². The van der Waals surface area contributed by atoms with E-state index in [1.54, 1.807) is 0 Å². The van der Waals surface area contributed by atoms with E-state index in [4.69, 9.17) is 0 Å². The Morgan fingerprint density at radius 2 is 1.17 bits per heavy atom. The fourth-order valence-corrected chi connectivity index (χ4v) is 2.82. The minimum Gasteiger partial charge on any atom is -0.0654 e. The van der Waals surface area contributed by atoms with E-state index in [9.17, 15) is 0 Å². The first-order valence-corrected chi connectivity index (χ1v) is 8.08. The number of hydrogen-bond donors (Lipinski definition) is 0. The molecule has 1 atom stereocenters. The summed E-state index contributed by atoms with van der Waals surface area (Å²) in [6, 6.07) is 0. The third kappa shape index (κ3) is 5.76. The van der Waals surface area contributed by atoms with Gasteiger partial charge >= 0.3 is 0 Å². The molecule has 0 aliphatic rings. The summed E-state index contributed by atoms with van der Waals surface area (Å²) in [5, 5.41) is 0. The second-order valence-electron chi connectivity index (χ2n) is 8.33. The van der Waals surface area contributed by atoms with Gasteiger partial charge in [-0.15, -0.1) is 0 Å². The molecule has 0 aromatic rings. The van der Waals surface area contributed by atoms with Crippen molar-refractivity contribution in [1.29, 1.82) is 0 Å². The van der Waals surface area contributed by atoms with Crippen LogP contribution in [0.5, 0.6) is 0 Å². The minimum atomic E-state index is 0.420. The van der Waals surface area contributed by atoms with Crippen molar-refractivity contribution in [2.75, 3.05) is 0 Å². The second-order valence-corrected chi connectivity index (χ2v) is 8.33. The van der Waals surface area contributed by atoms with E-state index in [0.29, 0.717) is 16.2 Å². The lowest BCUT2D eigenvalue weighted by Gasteiger charge is -2.44. The van der Waals surface area contributed by atoms with E-state index in [1.165, 1.54) is 44.9 Å². The van der Waals surface area contributed by atoms with Gasteiger partial charge in [-0.1, -0.05) is 74.7 Å². The molecule has 0 radical (unpaired) electrons. The van der Waals surface area contributed by atoms with Crippen LogP contribution in [-0.4, -0.2) is 0 Å². The maximum Gasteiger partial charge on any atom is -0.0277 e. The van der Waals surface area contributed by atoms with Crippen LogP contribution >= 0.6 is 0 Å². The molecule has 0 aromatic carbocycles. The molecule has 0 amide bonds. The van der Waals surface area contributed by atoms with Gasteiger partial charge in [0, 0.05) is 0 Å². The van der Waals surface area contributed by atoms with Crippen molar-refractivity contribution < 1.29 is 0 Å². The number of hydrogen-bond acceptors (Lipinski definition) is 0. The predicted octanol–water partition coefficient (Wildman–Crippen LogP) is 6.84. The van der Waals surface area contributed by atoms with Crippen LogP contribution < -0.4 is 0 Å². The Morgan fingerprint density at radius 1 is 0.611 bits per heavy atom. The summed E-state index contributed by atoms with van der Waals surface area (Å²) in [4.78, 5) is 0. The van der Waals surface area contributed by atoms with Crippen LogP contribution in [0.1, 0.15) is 100 Å². The normalized spacial score (nSPS) is 16.7. The van der Waals surface area contributed by atoms with Gasteiger partial charge in [-0.25, -0.2) is 0 Å². The van der Waals surface area contributed by atoms with Gasteiger partial charge in [0.1, 0.15) is 0 Å². The topological polar surface area (TPSA) is 0 Å². The van der Waals surface area contributed by atoms with E-state index in [-0.39, 0.29) is 0 Å². The lowest BCUT2D eigenvalue weighted by Crippen LogP contribution is -2.34. The van der Waals surface area contributed by atoms with Crippen LogP contribution in [0, 0.1) is 16.2 Å². The monoisotopic (exact) mass is 254 g/mol. The smallest absolute Gasteiger partial charge is 0.0277 e. The molecule has 0 spiro atoms. The molecule has 0 heterocycles. The van der Waals surface area contributed by atoms with Gasteiger partial charge in [0.05, 0.1) is 0 Å². The van der Waals surface area contributed by atoms with Gasteiger partial charge in [-0.3, -0.25) is 0 Å². The van der Waals surface area contributed by atoms with Gasteiger partial charge in [-0.05, 0) is 41.9 Å². The average Bonchev–Trinajstić information content (AvgIpc) is 2.23. The third-order valence-corrected chi connectivity index (χ3v) is 5.17. The van der Waals surface area contributed by atoms with Gasteiger partial charge < -0.3 is 0 Å². The summed E-state index contributed by atoms with van der Waals surface area (Å²) in [5.74, 6) is 0. The van der Waals surface area contributed by atoms with Crippen LogP contribution in [0.2, 0.25) is 0 Å². The molecule has 0 nitrogen and oxygen atoms in total. The Bertz CT molecular complexity index is 219. The maximum absolute atomic E-state index is 2.51. The fourth-order valence-electron chi connectivity index (χ4n) is 2.82. The predicted molar refractivity (Wildman–Crippen MR) is 85.0 cm³/mol. The standard InChI is InChI=1S/C18H38/c1-9-11-13-17(6,7)14-15-18(8,12-10-2)16(3,4)5/h9-15H2,1-8H3. The Labute approximate surface area is 117 Å². The Hall–Kier alpha value is 0. The number of unbranched alkanes of at least 4 members (excludes halogenated alkanes) is 1. The maximum atomic E-state index is 2.51. The molecule has 0 rings (SSSR count). The largest absolute Gasteiger partial charge is 0.0654 e. The molecule has 0 heteroatoms. The van der Waals surface area contributed by atoms with E-state index in [2.05, 4.69) is 55.4 Å². The summed E-state index contributed by atoms with van der Waals surface area (Å²) >= 11 is 0. The third-order valence-electron chi connectivity index (χ3n) is 5.17.